The molecule has 5 nitrogen and oxygen atoms in total. The number of rotatable bonds is 7. The number of amides is 2. The minimum Gasteiger partial charge on any atom is -0.355 e. The summed E-state index contributed by atoms with van der Waals surface area (Å²) in [6, 6.07) is 0. The maximum atomic E-state index is 12.5. The predicted octanol–water partition coefficient (Wildman–Crippen LogP) is 2.26. The maximum Gasteiger partial charge on any atom is 0.234 e. The van der Waals surface area contributed by atoms with Crippen molar-refractivity contribution in [1.82, 2.24) is 15.1 Å². The summed E-state index contributed by atoms with van der Waals surface area (Å²) >= 11 is 0. The van der Waals surface area contributed by atoms with Gasteiger partial charge in [-0.25, -0.2) is 0 Å². The fourth-order valence-corrected chi connectivity index (χ4v) is 3.73. The van der Waals surface area contributed by atoms with Crippen LogP contribution in [-0.4, -0.2) is 60.9 Å². The van der Waals surface area contributed by atoms with Crippen molar-refractivity contribution in [3.05, 3.63) is 0 Å². The Morgan fingerprint density at radius 1 is 1.04 bits per heavy atom. The lowest BCUT2D eigenvalue weighted by Gasteiger charge is -2.36. The normalized spacial score (nSPS) is 20.4. The Morgan fingerprint density at radius 3 is 2.33 bits per heavy atom. The first-order valence-corrected chi connectivity index (χ1v) is 9.84. The van der Waals surface area contributed by atoms with E-state index >= 15 is 0 Å². The van der Waals surface area contributed by atoms with Gasteiger partial charge in [-0.1, -0.05) is 33.1 Å². The highest BCUT2D eigenvalue weighted by Gasteiger charge is 2.28. The SMILES string of the molecule is CC(C)CCCNC(=O)CN1CCN(C(=O)C2CCCCC2)CC1. The molecule has 5 heteroatoms. The molecule has 2 amide bonds. The molecular formula is C19H35N3O2. The van der Waals surface area contributed by atoms with Crippen LogP contribution in [0.5, 0.6) is 0 Å². The number of hydrogen-bond donors (Lipinski definition) is 1. The first kappa shape index (κ1) is 19.2. The van der Waals surface area contributed by atoms with E-state index in [1.165, 1.54) is 19.3 Å². The number of nitrogens with one attached hydrogen (secondary N) is 1. The van der Waals surface area contributed by atoms with E-state index < -0.39 is 0 Å². The zero-order valence-corrected chi connectivity index (χ0v) is 15.6. The van der Waals surface area contributed by atoms with Crippen LogP contribution in [0.4, 0.5) is 0 Å². The van der Waals surface area contributed by atoms with Crippen LogP contribution >= 0.6 is 0 Å². The summed E-state index contributed by atoms with van der Waals surface area (Å²) in [5.74, 6) is 1.42. The summed E-state index contributed by atoms with van der Waals surface area (Å²) in [6.07, 6.45) is 8.02. The van der Waals surface area contributed by atoms with Gasteiger partial charge < -0.3 is 10.2 Å². The lowest BCUT2D eigenvalue weighted by atomic mass is 9.88. The molecule has 138 valence electrons. The van der Waals surface area contributed by atoms with Gasteiger partial charge in [0.2, 0.25) is 11.8 Å². The van der Waals surface area contributed by atoms with E-state index in [4.69, 9.17) is 0 Å². The molecule has 2 aliphatic rings. The zero-order chi connectivity index (χ0) is 17.4. The molecule has 0 aromatic rings. The van der Waals surface area contributed by atoms with Gasteiger partial charge in [0.15, 0.2) is 0 Å². The highest BCUT2D eigenvalue weighted by atomic mass is 16.2. The Balaban J connectivity index is 1.61. The summed E-state index contributed by atoms with van der Waals surface area (Å²) in [5, 5.41) is 3.01. The molecule has 0 radical (unpaired) electrons. The third-order valence-corrected chi connectivity index (χ3v) is 5.29. The van der Waals surface area contributed by atoms with E-state index in [1.54, 1.807) is 0 Å². The fraction of sp³-hybridized carbons (Fsp3) is 0.895. The molecule has 0 atom stereocenters. The molecule has 2 rings (SSSR count). The molecule has 0 spiro atoms. The van der Waals surface area contributed by atoms with Crippen LogP contribution in [0.2, 0.25) is 0 Å². The minimum atomic E-state index is 0.116. The number of piperazine rings is 1. The highest BCUT2D eigenvalue weighted by Crippen LogP contribution is 2.25. The van der Waals surface area contributed by atoms with E-state index in [2.05, 4.69) is 24.1 Å². The van der Waals surface area contributed by atoms with Crippen molar-refractivity contribution in [2.45, 2.75) is 58.8 Å². The Bertz CT molecular complexity index is 397. The summed E-state index contributed by atoms with van der Waals surface area (Å²) in [6.45, 7) is 8.83. The number of hydrogen-bond acceptors (Lipinski definition) is 3. The van der Waals surface area contributed by atoms with Crippen LogP contribution in [-0.2, 0) is 9.59 Å². The van der Waals surface area contributed by atoms with Crippen LogP contribution in [0.25, 0.3) is 0 Å². The molecule has 0 aromatic heterocycles. The molecule has 0 bridgehead atoms. The van der Waals surface area contributed by atoms with Gasteiger partial charge in [-0.15, -0.1) is 0 Å². The number of nitrogens with zero attached hydrogens (tertiary/aromatic N) is 2. The Labute approximate surface area is 147 Å². The van der Waals surface area contributed by atoms with Crippen molar-refractivity contribution < 1.29 is 9.59 Å². The molecule has 1 saturated heterocycles. The fourth-order valence-electron chi connectivity index (χ4n) is 3.73. The molecule has 2 fully saturated rings. The number of carbonyl (C=O) groups is 2. The molecule has 1 aliphatic carbocycles. The van der Waals surface area contributed by atoms with Crippen molar-refractivity contribution in [1.29, 1.82) is 0 Å². The third-order valence-electron chi connectivity index (χ3n) is 5.29. The van der Waals surface area contributed by atoms with E-state index in [0.717, 1.165) is 58.4 Å². The largest absolute Gasteiger partial charge is 0.355 e. The van der Waals surface area contributed by atoms with E-state index in [-0.39, 0.29) is 11.8 Å². The molecule has 1 aliphatic heterocycles. The third kappa shape index (κ3) is 6.42. The summed E-state index contributed by atoms with van der Waals surface area (Å²) in [5.41, 5.74) is 0. The van der Waals surface area contributed by atoms with E-state index in [9.17, 15) is 9.59 Å². The molecule has 1 saturated carbocycles. The summed E-state index contributed by atoms with van der Waals surface area (Å²) in [7, 11) is 0. The Kier molecular flexibility index (Phi) is 8.03. The van der Waals surface area contributed by atoms with Gasteiger partial charge in [-0.3, -0.25) is 14.5 Å². The maximum absolute atomic E-state index is 12.5. The molecule has 1 N–H and O–H groups in total. The highest BCUT2D eigenvalue weighted by molar-refractivity contribution is 5.79. The molecular weight excluding hydrogens is 302 g/mol. The van der Waals surface area contributed by atoms with Gasteiger partial charge in [0.25, 0.3) is 0 Å². The van der Waals surface area contributed by atoms with Crippen molar-refractivity contribution in [3.8, 4) is 0 Å². The second-order valence-corrected chi connectivity index (χ2v) is 7.82. The van der Waals surface area contributed by atoms with Gasteiger partial charge in [0.1, 0.15) is 0 Å². The smallest absolute Gasteiger partial charge is 0.234 e. The van der Waals surface area contributed by atoms with Crippen LogP contribution in [0.15, 0.2) is 0 Å². The quantitative estimate of drug-likeness (QED) is 0.725. The van der Waals surface area contributed by atoms with Crippen molar-refractivity contribution in [2.75, 3.05) is 39.3 Å². The van der Waals surface area contributed by atoms with Gasteiger partial charge in [-0.2, -0.15) is 0 Å². The monoisotopic (exact) mass is 337 g/mol. The van der Waals surface area contributed by atoms with Crippen LogP contribution in [0, 0.1) is 11.8 Å². The lowest BCUT2D eigenvalue weighted by molar-refractivity contribution is -0.138. The zero-order valence-electron chi connectivity index (χ0n) is 15.6. The van der Waals surface area contributed by atoms with E-state index in [0.29, 0.717) is 18.4 Å². The number of carbonyl (C=O) groups excluding carboxylic acids is 2. The topological polar surface area (TPSA) is 52.7 Å². The van der Waals surface area contributed by atoms with Crippen LogP contribution < -0.4 is 5.32 Å². The van der Waals surface area contributed by atoms with E-state index in [1.807, 2.05) is 4.90 Å². The van der Waals surface area contributed by atoms with Crippen molar-refractivity contribution in [2.24, 2.45) is 11.8 Å². The molecule has 0 unspecified atom stereocenters. The standard InChI is InChI=1S/C19H35N3O2/c1-16(2)7-6-10-20-18(23)15-21-11-13-22(14-12-21)19(24)17-8-4-3-5-9-17/h16-17H,3-15H2,1-2H3,(H,20,23). The lowest BCUT2D eigenvalue weighted by Crippen LogP contribution is -2.52. The first-order valence-electron chi connectivity index (χ1n) is 9.84. The first-order chi connectivity index (χ1) is 11.6. The van der Waals surface area contributed by atoms with Crippen molar-refractivity contribution >= 4 is 11.8 Å². The minimum absolute atomic E-state index is 0.116. The summed E-state index contributed by atoms with van der Waals surface area (Å²) in [4.78, 5) is 28.7. The average molecular weight is 338 g/mol. The Hall–Kier alpha value is -1.10. The Morgan fingerprint density at radius 2 is 1.71 bits per heavy atom. The second-order valence-electron chi connectivity index (χ2n) is 7.82. The van der Waals surface area contributed by atoms with Gasteiger partial charge >= 0.3 is 0 Å². The molecule has 0 aromatic carbocycles. The van der Waals surface area contributed by atoms with Crippen LogP contribution in [0.1, 0.15) is 58.8 Å². The van der Waals surface area contributed by atoms with Crippen LogP contribution in [0.3, 0.4) is 0 Å². The van der Waals surface area contributed by atoms with Gasteiger partial charge in [0, 0.05) is 38.6 Å². The average Bonchev–Trinajstić information content (AvgIpc) is 2.59. The summed E-state index contributed by atoms with van der Waals surface area (Å²) < 4.78 is 0. The second kappa shape index (κ2) is 10.0. The van der Waals surface area contributed by atoms with Gasteiger partial charge in [-0.05, 0) is 31.6 Å². The van der Waals surface area contributed by atoms with Gasteiger partial charge in [0.05, 0.1) is 6.54 Å². The predicted molar refractivity (Wildman–Crippen MR) is 96.7 cm³/mol. The van der Waals surface area contributed by atoms with Crippen molar-refractivity contribution in [3.63, 3.8) is 0 Å². The molecule has 24 heavy (non-hydrogen) atoms. The molecule has 1 heterocycles.